The van der Waals surface area contributed by atoms with Gasteiger partial charge in [-0.05, 0) is 44.2 Å². The summed E-state index contributed by atoms with van der Waals surface area (Å²) in [6.07, 6.45) is 2.69. The minimum absolute atomic E-state index is 0.165. The Morgan fingerprint density at radius 2 is 2.00 bits per heavy atom. The third-order valence-electron chi connectivity index (χ3n) is 5.28. The molecule has 1 aliphatic heterocycles. The number of benzene rings is 2. The van der Waals surface area contributed by atoms with Crippen molar-refractivity contribution in [3.8, 4) is 28.4 Å². The van der Waals surface area contributed by atoms with Crippen LogP contribution in [0.4, 0.5) is 0 Å². The second-order valence-corrected chi connectivity index (χ2v) is 8.68. The van der Waals surface area contributed by atoms with Crippen molar-refractivity contribution in [1.29, 1.82) is 0 Å². The molecular weight excluding hydrogens is 467 g/mol. The van der Waals surface area contributed by atoms with Gasteiger partial charge in [-0.1, -0.05) is 23.2 Å². The molecule has 33 heavy (non-hydrogen) atoms. The third-order valence-corrected chi connectivity index (χ3v) is 5.82. The van der Waals surface area contributed by atoms with Crippen LogP contribution in [-0.4, -0.2) is 37.7 Å². The number of aromatic nitrogens is 5. The van der Waals surface area contributed by atoms with E-state index >= 15 is 0 Å². The molecule has 0 aliphatic carbocycles. The molecule has 9 nitrogen and oxygen atoms in total. The third kappa shape index (κ3) is 3.59. The standard InChI is InChI=1S/C22H18Cl2N6O3/c1-22(2)18-19(21(31)28-29-11-25-10-26-29)27-30(16-7-4-12(23)8-15(16)24)20(18)14-6-5-13(32-3)9-17(14)33-22/h4-11H,1-3H3,(H,28,31). The lowest BCUT2D eigenvalue weighted by Gasteiger charge is -2.33. The zero-order valence-electron chi connectivity index (χ0n) is 17.8. The topological polar surface area (TPSA) is 96.1 Å². The van der Waals surface area contributed by atoms with Gasteiger partial charge in [-0.15, -0.1) is 5.10 Å². The number of fused-ring (bicyclic) bond motifs is 3. The van der Waals surface area contributed by atoms with Gasteiger partial charge in [0, 0.05) is 16.7 Å². The van der Waals surface area contributed by atoms with Crippen molar-refractivity contribution in [2.75, 3.05) is 12.5 Å². The summed E-state index contributed by atoms with van der Waals surface area (Å²) >= 11 is 12.7. The lowest BCUT2D eigenvalue weighted by atomic mass is 9.88. The van der Waals surface area contributed by atoms with Crippen molar-refractivity contribution in [1.82, 2.24) is 24.7 Å². The molecule has 3 heterocycles. The Hall–Kier alpha value is -3.56. The van der Waals surface area contributed by atoms with Crippen molar-refractivity contribution < 1.29 is 14.3 Å². The smallest absolute Gasteiger partial charge is 0.292 e. The largest absolute Gasteiger partial charge is 0.497 e. The van der Waals surface area contributed by atoms with Crippen LogP contribution in [0.25, 0.3) is 16.9 Å². The van der Waals surface area contributed by atoms with E-state index in [-0.39, 0.29) is 5.69 Å². The van der Waals surface area contributed by atoms with Gasteiger partial charge in [-0.25, -0.2) is 15.1 Å². The van der Waals surface area contributed by atoms with Crippen LogP contribution in [0, 0.1) is 0 Å². The van der Waals surface area contributed by atoms with Crippen LogP contribution >= 0.6 is 23.2 Å². The Labute approximate surface area is 198 Å². The quantitative estimate of drug-likeness (QED) is 0.459. The van der Waals surface area contributed by atoms with Crippen molar-refractivity contribution in [2.45, 2.75) is 19.4 Å². The van der Waals surface area contributed by atoms with Crippen LogP contribution in [0.3, 0.4) is 0 Å². The van der Waals surface area contributed by atoms with E-state index in [9.17, 15) is 4.79 Å². The average Bonchev–Trinajstić information content (AvgIpc) is 3.41. The Kier molecular flexibility index (Phi) is 5.02. The van der Waals surface area contributed by atoms with Crippen LogP contribution in [-0.2, 0) is 5.60 Å². The van der Waals surface area contributed by atoms with E-state index in [4.69, 9.17) is 32.7 Å². The van der Waals surface area contributed by atoms with Gasteiger partial charge >= 0.3 is 0 Å². The summed E-state index contributed by atoms with van der Waals surface area (Å²) in [5.74, 6) is 0.767. The highest BCUT2D eigenvalue weighted by molar-refractivity contribution is 6.35. The van der Waals surface area contributed by atoms with E-state index < -0.39 is 11.5 Å². The normalized spacial score (nSPS) is 13.6. The molecule has 1 N–H and O–H groups in total. The highest BCUT2D eigenvalue weighted by atomic mass is 35.5. The van der Waals surface area contributed by atoms with E-state index in [1.165, 1.54) is 17.4 Å². The molecule has 0 radical (unpaired) electrons. The van der Waals surface area contributed by atoms with Gasteiger partial charge in [-0.2, -0.15) is 9.89 Å². The first-order valence-corrected chi connectivity index (χ1v) is 10.7. The van der Waals surface area contributed by atoms with E-state index in [0.717, 1.165) is 5.56 Å². The molecule has 2 aromatic heterocycles. The molecule has 4 aromatic rings. The van der Waals surface area contributed by atoms with E-state index in [0.29, 0.717) is 38.5 Å². The average molecular weight is 485 g/mol. The summed E-state index contributed by atoms with van der Waals surface area (Å²) < 4.78 is 13.3. The summed E-state index contributed by atoms with van der Waals surface area (Å²) in [5.41, 5.74) is 4.50. The fourth-order valence-corrected chi connectivity index (χ4v) is 4.37. The SMILES string of the molecule is COc1ccc2c(c1)OC(C)(C)c1c(C(=O)Nn3cncn3)nn(-c3ccc(Cl)cc3Cl)c1-2. The second kappa shape index (κ2) is 7.79. The molecule has 0 fully saturated rings. The second-order valence-electron chi connectivity index (χ2n) is 7.84. The minimum atomic E-state index is -0.902. The number of hydrogen-bond donors (Lipinski definition) is 1. The number of carbonyl (C=O) groups is 1. The molecule has 0 atom stereocenters. The number of ether oxygens (including phenoxy) is 2. The van der Waals surface area contributed by atoms with Crippen LogP contribution in [0.2, 0.25) is 10.0 Å². The number of rotatable bonds is 4. The number of amides is 1. The van der Waals surface area contributed by atoms with Gasteiger partial charge in [0.2, 0.25) is 0 Å². The molecule has 5 rings (SSSR count). The number of carbonyl (C=O) groups excluding carboxylic acids is 1. The Morgan fingerprint density at radius 3 is 2.70 bits per heavy atom. The van der Waals surface area contributed by atoms with Gasteiger partial charge in [0.1, 0.15) is 29.8 Å². The summed E-state index contributed by atoms with van der Waals surface area (Å²) in [6.45, 7) is 3.74. The maximum atomic E-state index is 13.3. The predicted molar refractivity (Wildman–Crippen MR) is 123 cm³/mol. The molecule has 0 bridgehead atoms. The molecule has 1 amide bonds. The molecule has 168 valence electrons. The fourth-order valence-electron chi connectivity index (χ4n) is 3.88. The molecule has 11 heteroatoms. The van der Waals surface area contributed by atoms with Gasteiger partial charge < -0.3 is 9.47 Å². The summed E-state index contributed by atoms with van der Waals surface area (Å²) in [6, 6.07) is 10.6. The van der Waals surface area contributed by atoms with Crippen LogP contribution in [0.15, 0.2) is 49.1 Å². The Bertz CT molecular complexity index is 1380. The van der Waals surface area contributed by atoms with Crippen LogP contribution in [0.1, 0.15) is 29.9 Å². The van der Waals surface area contributed by atoms with Crippen molar-refractivity contribution in [3.05, 3.63) is 70.4 Å². The molecule has 2 aromatic carbocycles. The van der Waals surface area contributed by atoms with Crippen LogP contribution in [0.5, 0.6) is 11.5 Å². The maximum Gasteiger partial charge on any atom is 0.292 e. The predicted octanol–water partition coefficient (Wildman–Crippen LogP) is 4.46. The number of halogens is 2. The first kappa shape index (κ1) is 21.3. The molecular formula is C22H18Cl2N6O3. The van der Waals surface area contributed by atoms with Gasteiger partial charge in [0.25, 0.3) is 5.91 Å². The Morgan fingerprint density at radius 1 is 1.18 bits per heavy atom. The highest BCUT2D eigenvalue weighted by Gasteiger charge is 2.41. The van der Waals surface area contributed by atoms with Gasteiger partial charge in [-0.3, -0.25) is 4.79 Å². The molecule has 0 unspecified atom stereocenters. The lowest BCUT2D eigenvalue weighted by molar-refractivity contribution is 0.0937. The first-order valence-electron chi connectivity index (χ1n) is 9.91. The van der Waals surface area contributed by atoms with E-state index in [1.807, 2.05) is 26.0 Å². The van der Waals surface area contributed by atoms with Crippen molar-refractivity contribution in [3.63, 3.8) is 0 Å². The van der Waals surface area contributed by atoms with Gasteiger partial charge in [0.05, 0.1) is 29.1 Å². The molecule has 0 spiro atoms. The number of methoxy groups -OCH3 is 1. The maximum absolute atomic E-state index is 13.3. The first-order chi connectivity index (χ1) is 15.8. The monoisotopic (exact) mass is 484 g/mol. The van der Waals surface area contributed by atoms with Crippen molar-refractivity contribution >= 4 is 29.1 Å². The Balaban J connectivity index is 1.78. The summed E-state index contributed by atoms with van der Waals surface area (Å²) in [7, 11) is 1.59. The van der Waals surface area contributed by atoms with E-state index in [2.05, 4.69) is 20.6 Å². The van der Waals surface area contributed by atoms with E-state index in [1.54, 1.807) is 36.1 Å². The molecule has 0 saturated carbocycles. The zero-order chi connectivity index (χ0) is 23.3. The van der Waals surface area contributed by atoms with Crippen molar-refractivity contribution in [2.24, 2.45) is 0 Å². The number of nitrogens with one attached hydrogen (secondary N) is 1. The number of hydrogen-bond acceptors (Lipinski definition) is 6. The number of nitrogens with zero attached hydrogens (tertiary/aromatic N) is 5. The summed E-state index contributed by atoms with van der Waals surface area (Å²) in [4.78, 5) is 18.3. The lowest BCUT2D eigenvalue weighted by Crippen LogP contribution is -2.33. The minimum Gasteiger partial charge on any atom is -0.497 e. The molecule has 0 saturated heterocycles. The zero-order valence-corrected chi connectivity index (χ0v) is 19.3. The van der Waals surface area contributed by atoms with Crippen LogP contribution < -0.4 is 14.9 Å². The highest BCUT2D eigenvalue weighted by Crippen LogP contribution is 2.48. The molecule has 1 aliphatic rings. The summed E-state index contributed by atoms with van der Waals surface area (Å²) in [5, 5.41) is 9.48. The van der Waals surface area contributed by atoms with Gasteiger partial charge in [0.15, 0.2) is 5.69 Å². The fraction of sp³-hybridized carbons (Fsp3) is 0.182.